The predicted octanol–water partition coefficient (Wildman–Crippen LogP) is 21.0. The number of nitrogens with one attached hydrogen (secondary N) is 2. The summed E-state index contributed by atoms with van der Waals surface area (Å²) in [5.74, 6) is 11.4. The predicted molar refractivity (Wildman–Crippen MR) is 442 cm³/mol. The van der Waals surface area contributed by atoms with Crippen LogP contribution in [0.25, 0.3) is 0 Å². The third-order valence-electron chi connectivity index (χ3n) is 7.66. The van der Waals surface area contributed by atoms with Gasteiger partial charge in [-0.05, 0) is 139 Å². The maximum Gasteiger partial charge on any atom is 0 e. The van der Waals surface area contributed by atoms with Gasteiger partial charge in [-0.2, -0.15) is 46.3 Å². The molecule has 0 spiro atoms. The Balaban J connectivity index is -0.0000000877. The molecular formula is C67H111I4N6O9S5V2Y-. The van der Waals surface area contributed by atoms with Crippen LogP contribution >= 0.6 is 140 Å². The number of rotatable bonds is 13. The van der Waals surface area contributed by atoms with Gasteiger partial charge in [-0.3, -0.25) is 10.2 Å². The number of thiol groups is 1. The Morgan fingerprint density at radius 3 is 0.723 bits per heavy atom. The maximum atomic E-state index is 8.63. The van der Waals surface area contributed by atoms with E-state index >= 15 is 0 Å². The second-order valence-corrected chi connectivity index (χ2v) is 44.4. The number of aromatic nitrogens is 6. The number of ether oxygens (including phenoxy) is 2. The Morgan fingerprint density at radius 2 is 0.628 bits per heavy atom. The van der Waals surface area contributed by atoms with Crippen LogP contribution in [0.5, 0.6) is 34.5 Å². The summed E-state index contributed by atoms with van der Waals surface area (Å²) in [5, 5.41) is 70.7. The number of hydrogen-bond acceptors (Lipinski definition) is 18. The third kappa shape index (κ3) is 121. The van der Waals surface area contributed by atoms with E-state index in [2.05, 4.69) is 185 Å². The Labute approximate surface area is 674 Å². The van der Waals surface area contributed by atoms with E-state index in [1.807, 2.05) is 108 Å². The Bertz CT molecular complexity index is 2100. The molecule has 2 aromatic heterocycles. The average Bonchev–Trinajstić information content (AvgIpc) is 4.20. The summed E-state index contributed by atoms with van der Waals surface area (Å²) in [6, 6.07) is 54.2. The Morgan fingerprint density at radius 1 is 0.426 bits per heavy atom. The van der Waals surface area contributed by atoms with Crippen molar-refractivity contribution in [1.82, 2.24) is 30.4 Å². The van der Waals surface area contributed by atoms with Crippen LogP contribution in [0.2, 0.25) is 0 Å². The minimum absolute atomic E-state index is 0. The van der Waals surface area contributed by atoms with Crippen molar-refractivity contribution in [2.45, 2.75) is 105 Å². The number of H-pyrrole nitrogens is 2. The van der Waals surface area contributed by atoms with E-state index in [-0.39, 0.29) is 46.7 Å². The van der Waals surface area contributed by atoms with Gasteiger partial charge in [-0.1, -0.05) is 201 Å². The summed E-state index contributed by atoms with van der Waals surface area (Å²) in [6.45, 7) is 21.2. The number of phenolic OH excluding ortho intramolecular Hbond substituents is 4. The molecule has 0 aliphatic rings. The van der Waals surface area contributed by atoms with Crippen LogP contribution in [0.4, 0.5) is 0 Å². The van der Waals surface area contributed by atoms with Crippen molar-refractivity contribution in [2.75, 3.05) is 75.3 Å². The fraction of sp³-hybridized carbons (Fsp3) is 0.388. The van der Waals surface area contributed by atoms with Gasteiger partial charge < -0.3 is 52.6 Å². The molecule has 94 heavy (non-hydrogen) atoms. The van der Waals surface area contributed by atoms with Gasteiger partial charge in [0.05, 0.1) is 14.2 Å². The van der Waals surface area contributed by atoms with Crippen LogP contribution in [-0.2, 0) is 51.6 Å². The molecule has 6 aromatic carbocycles. The van der Waals surface area contributed by atoms with Gasteiger partial charge in [0.25, 0.3) is 0 Å². The van der Waals surface area contributed by atoms with Crippen molar-refractivity contribution in [1.29, 1.82) is 0 Å². The number of para-hydroxylation sites is 6. The van der Waals surface area contributed by atoms with Crippen LogP contribution < -0.4 is 9.47 Å². The standard InChI is InChI=1S/2C7H8O.4C6H6O.2C5H12S.2C4H7N3S.C3H8S.C3H8.C2H6O.2CH4O.CH3.4HI.2V.Y/c2*1-8-7-5-3-2-4-6-7;4*7-6-4-2-1-3-5-6;2*1-3-5-6-4-2;2*1-2-8-4-5-3-6-7-4;1-2-3-4;1-3-2;1-2-3;2*1-2;;;;;;;;/h2*2-6H,1H3;4*1-5,7H;2*3-5H2,1-2H3;2*3H,2H2,1H3,(H,5,6,7);4H,2-3H2,1H3;3H2,1-2H3;3H,2H2,1H3;2*2H,1H3;1H3;4*1H;;;/q;;;;;;;;;;;;;;;-1;;;;;2*+2;/p-4. The molecule has 15 nitrogen and oxygen atoms in total. The van der Waals surface area contributed by atoms with Crippen LogP contribution in [0.15, 0.2) is 205 Å². The van der Waals surface area contributed by atoms with Crippen molar-refractivity contribution < 1.29 is 96.9 Å². The molecule has 0 aliphatic heterocycles. The fourth-order valence-electron chi connectivity index (χ4n) is 4.20. The first-order valence-corrected chi connectivity index (χ1v) is 51.9. The number of aromatic amines is 2. The SMILES string of the molecule is CCC.CCCS.CCCSCC.CCCSCC.CCO.CCSc1ncn[nH]1.CCSc1ncn[nH]1.CO.CO.COc1ccccc1.COc1ccccc1.Oc1ccccc1.Oc1ccccc1.Oc1ccccc1.Oc1ccccc1.[CH3-].[I][V][I].[I][V][I].[Y]. The largest absolute Gasteiger partial charge is 0 e. The molecule has 0 unspecified atom stereocenters. The quantitative estimate of drug-likeness (QED) is 0.0170. The molecule has 1 radical (unpaired) electrons. The van der Waals surface area contributed by atoms with Crippen molar-refractivity contribution in [2.24, 2.45) is 0 Å². The molecule has 0 aliphatic carbocycles. The van der Waals surface area contributed by atoms with E-state index in [0.29, 0.717) is 41.9 Å². The third-order valence-corrected chi connectivity index (χ3v) is 11.8. The normalized spacial score (nSPS) is 7.94. The summed E-state index contributed by atoms with van der Waals surface area (Å²) in [5.41, 5.74) is 0. The Kier molecular flexibility index (Phi) is 145. The summed E-state index contributed by atoms with van der Waals surface area (Å²) >= 11 is 20.7. The maximum absolute atomic E-state index is 8.63. The van der Waals surface area contributed by atoms with Crippen LogP contribution in [0, 0.1) is 7.43 Å². The zero-order chi connectivity index (χ0) is 71.6. The number of phenols is 4. The number of aromatic hydroxyl groups is 4. The van der Waals surface area contributed by atoms with Crippen molar-refractivity contribution in [3.05, 3.63) is 202 Å². The first-order valence-electron chi connectivity index (χ1n) is 28.9. The number of aliphatic hydroxyl groups excluding tert-OH is 3. The second-order valence-electron chi connectivity index (χ2n) is 15.1. The summed E-state index contributed by atoms with van der Waals surface area (Å²) in [7, 11) is 6.58. The van der Waals surface area contributed by atoms with Gasteiger partial charge in [-0.15, -0.1) is 0 Å². The molecule has 2 heterocycles. The molecule has 27 heteroatoms. The van der Waals surface area contributed by atoms with Crippen molar-refractivity contribution in [3.8, 4) is 34.5 Å². The summed E-state index contributed by atoms with van der Waals surface area (Å²) < 4.78 is 9.83. The number of nitrogens with zero attached hydrogens (tertiary/aromatic N) is 4. The molecule has 9 N–H and O–H groups in total. The van der Waals surface area contributed by atoms with Gasteiger partial charge in [0.15, 0.2) is 10.3 Å². The zero-order valence-corrected chi connectivity index (χ0v) is 76.2. The van der Waals surface area contributed by atoms with Crippen LogP contribution in [0.3, 0.4) is 0 Å². The van der Waals surface area contributed by atoms with E-state index in [1.54, 1.807) is 142 Å². The van der Waals surface area contributed by atoms with E-state index in [1.165, 1.54) is 61.3 Å². The van der Waals surface area contributed by atoms with Gasteiger partial charge >= 0.3 is 98.8 Å². The van der Waals surface area contributed by atoms with Gasteiger partial charge in [-0.25, -0.2) is 9.97 Å². The zero-order valence-electron chi connectivity index (χ0n) is 57.8. The number of benzene rings is 6. The number of hydrogen-bond donors (Lipinski definition) is 10. The summed E-state index contributed by atoms with van der Waals surface area (Å²) in [6.07, 6.45) is 8.09. The summed E-state index contributed by atoms with van der Waals surface area (Å²) in [4.78, 5) is 7.80. The number of thioether (sulfide) groups is 4. The minimum Gasteiger partial charge on any atom is 0 e. The van der Waals surface area contributed by atoms with Crippen LogP contribution in [0.1, 0.15) is 94.9 Å². The monoisotopic (exact) mass is 2000 g/mol. The number of methoxy groups -OCH3 is 2. The first kappa shape index (κ1) is 117. The van der Waals surface area contributed by atoms with Crippen molar-refractivity contribution in [3.63, 3.8) is 0 Å². The molecule has 0 fully saturated rings. The van der Waals surface area contributed by atoms with Crippen molar-refractivity contribution >= 4 is 140 Å². The molecule has 0 atom stereocenters. The Hall–Kier alpha value is -0.777. The smallest absolute Gasteiger partial charge is 0 e. The molecule has 0 amide bonds. The molecule has 0 saturated carbocycles. The van der Waals surface area contributed by atoms with Gasteiger partial charge in [0.1, 0.15) is 47.2 Å². The van der Waals surface area contributed by atoms with E-state index < -0.39 is 0 Å². The molecule has 535 valence electrons. The van der Waals surface area contributed by atoms with E-state index in [4.69, 9.17) is 45.2 Å². The molecular weight excluding hydrogens is 1890 g/mol. The van der Waals surface area contributed by atoms with Gasteiger partial charge in [0, 0.05) is 53.5 Å². The molecule has 0 saturated heterocycles. The van der Waals surface area contributed by atoms with E-state index in [9.17, 15) is 0 Å². The fourth-order valence-corrected chi connectivity index (χ4v) is 6.38. The topological polar surface area (TPSA) is 243 Å². The first-order chi connectivity index (χ1) is 44.7. The van der Waals surface area contributed by atoms with Gasteiger partial charge in [0.2, 0.25) is 0 Å². The molecule has 8 rings (SSSR count). The molecule has 8 aromatic rings. The minimum atomic E-state index is 0. The number of halogens is 4. The number of aliphatic hydroxyl groups is 3. The van der Waals surface area contributed by atoms with E-state index in [0.717, 1.165) is 53.3 Å². The molecule has 0 bridgehead atoms. The second kappa shape index (κ2) is 116. The van der Waals surface area contributed by atoms with Crippen LogP contribution in [-0.4, -0.2) is 141 Å². The average molecular weight is 2000 g/mol.